The van der Waals surface area contributed by atoms with E-state index in [1.54, 1.807) is 5.51 Å². The lowest BCUT2D eigenvalue weighted by molar-refractivity contribution is 0.136. The van der Waals surface area contributed by atoms with Crippen molar-refractivity contribution in [2.45, 2.75) is 19.4 Å². The number of benzene rings is 2. The van der Waals surface area contributed by atoms with E-state index in [1.165, 1.54) is 22.1 Å². The van der Waals surface area contributed by atoms with Crippen molar-refractivity contribution >= 4 is 34.0 Å². The van der Waals surface area contributed by atoms with Gasteiger partial charge in [-0.05, 0) is 47.7 Å². The van der Waals surface area contributed by atoms with Gasteiger partial charge in [0.2, 0.25) is 0 Å². The zero-order valence-corrected chi connectivity index (χ0v) is 19.1. The Morgan fingerprint density at radius 2 is 1.91 bits per heavy atom. The topological polar surface area (TPSA) is 67.4 Å². The SMILES string of the molecule is O=C(NCC1CCN(c2cccc(-c3ccc4ccccc4c3)n2)CC1)OCc1cscn1. The van der Waals surface area contributed by atoms with Crippen LogP contribution in [0.1, 0.15) is 18.5 Å². The summed E-state index contributed by atoms with van der Waals surface area (Å²) in [5.41, 5.74) is 4.63. The Kier molecular flexibility index (Phi) is 6.48. The highest BCUT2D eigenvalue weighted by atomic mass is 32.1. The van der Waals surface area contributed by atoms with Crippen LogP contribution in [-0.2, 0) is 11.3 Å². The number of alkyl carbamates (subject to hydrolysis) is 1. The number of piperidine rings is 1. The Balaban J connectivity index is 1.14. The van der Waals surface area contributed by atoms with Crippen LogP contribution in [0.5, 0.6) is 0 Å². The molecule has 7 heteroatoms. The van der Waals surface area contributed by atoms with Gasteiger partial charge < -0.3 is 15.0 Å². The predicted octanol–water partition coefficient (Wildman–Crippen LogP) is 5.50. The maximum absolute atomic E-state index is 11.9. The summed E-state index contributed by atoms with van der Waals surface area (Å²) in [6.45, 7) is 2.70. The van der Waals surface area contributed by atoms with E-state index in [0.717, 1.165) is 48.7 Å². The van der Waals surface area contributed by atoms with Crippen molar-refractivity contribution in [2.24, 2.45) is 5.92 Å². The van der Waals surface area contributed by atoms with E-state index in [-0.39, 0.29) is 12.7 Å². The van der Waals surface area contributed by atoms with Gasteiger partial charge in [0.15, 0.2) is 0 Å². The predicted molar refractivity (Wildman–Crippen MR) is 132 cm³/mol. The maximum atomic E-state index is 11.9. The normalized spacial score (nSPS) is 14.4. The second kappa shape index (κ2) is 10.0. The Morgan fingerprint density at radius 1 is 1.06 bits per heavy atom. The molecule has 5 rings (SSSR count). The molecule has 33 heavy (non-hydrogen) atoms. The largest absolute Gasteiger partial charge is 0.443 e. The second-order valence-corrected chi connectivity index (χ2v) is 9.03. The molecule has 0 spiro atoms. The van der Waals surface area contributed by atoms with Gasteiger partial charge in [0.25, 0.3) is 0 Å². The lowest BCUT2D eigenvalue weighted by atomic mass is 9.97. The molecule has 1 N–H and O–H groups in total. The van der Waals surface area contributed by atoms with E-state index in [9.17, 15) is 4.79 Å². The number of ether oxygens (including phenoxy) is 1. The van der Waals surface area contributed by atoms with Crippen LogP contribution in [0.25, 0.3) is 22.0 Å². The molecule has 168 valence electrons. The molecular weight excluding hydrogens is 432 g/mol. The van der Waals surface area contributed by atoms with Gasteiger partial charge in [-0.2, -0.15) is 0 Å². The third-order valence-corrected chi connectivity index (χ3v) is 6.72. The van der Waals surface area contributed by atoms with Crippen LogP contribution in [0, 0.1) is 5.92 Å². The molecular formula is C26H26N4O2S. The fraction of sp³-hybridized carbons (Fsp3) is 0.269. The molecule has 6 nitrogen and oxygen atoms in total. The third kappa shape index (κ3) is 5.31. The number of fused-ring (bicyclic) bond motifs is 1. The number of hydrogen-bond acceptors (Lipinski definition) is 6. The van der Waals surface area contributed by atoms with Gasteiger partial charge in [-0.15, -0.1) is 11.3 Å². The first-order chi connectivity index (χ1) is 16.2. The van der Waals surface area contributed by atoms with Crippen LogP contribution in [-0.4, -0.2) is 35.7 Å². The number of pyridine rings is 1. The van der Waals surface area contributed by atoms with E-state index in [4.69, 9.17) is 9.72 Å². The summed E-state index contributed by atoms with van der Waals surface area (Å²) >= 11 is 1.49. The van der Waals surface area contributed by atoms with Gasteiger partial charge in [-0.25, -0.2) is 14.8 Å². The summed E-state index contributed by atoms with van der Waals surface area (Å²) in [5.74, 6) is 1.45. The highest BCUT2D eigenvalue weighted by Gasteiger charge is 2.21. The van der Waals surface area contributed by atoms with Gasteiger partial charge in [0, 0.05) is 30.6 Å². The number of amides is 1. The number of carbonyl (C=O) groups is 1. The van der Waals surface area contributed by atoms with Crippen molar-refractivity contribution in [2.75, 3.05) is 24.5 Å². The van der Waals surface area contributed by atoms with Gasteiger partial charge in [0.1, 0.15) is 12.4 Å². The molecule has 0 saturated carbocycles. The smallest absolute Gasteiger partial charge is 0.407 e. The Morgan fingerprint density at radius 3 is 2.73 bits per heavy atom. The summed E-state index contributed by atoms with van der Waals surface area (Å²) in [7, 11) is 0. The van der Waals surface area contributed by atoms with Crippen LogP contribution < -0.4 is 10.2 Å². The van der Waals surface area contributed by atoms with Crippen LogP contribution in [0.15, 0.2) is 71.6 Å². The van der Waals surface area contributed by atoms with Gasteiger partial charge >= 0.3 is 6.09 Å². The molecule has 2 aromatic heterocycles. The molecule has 0 radical (unpaired) electrons. The first kappa shape index (κ1) is 21.4. The van der Waals surface area contributed by atoms with Crippen molar-refractivity contribution in [1.29, 1.82) is 0 Å². The standard InChI is InChI=1S/C26H26N4O2S/c31-26(32-16-23-17-33-18-28-23)27-15-19-10-12-30(13-11-19)25-7-3-6-24(29-25)22-9-8-20-4-1-2-5-21(20)14-22/h1-9,14,17-19H,10-13,15-16H2,(H,27,31). The van der Waals surface area contributed by atoms with Crippen molar-refractivity contribution in [3.8, 4) is 11.3 Å². The van der Waals surface area contributed by atoms with Crippen molar-refractivity contribution in [3.63, 3.8) is 0 Å². The molecule has 1 fully saturated rings. The molecule has 1 aliphatic heterocycles. The number of rotatable bonds is 6. The average Bonchev–Trinajstić information content (AvgIpc) is 3.40. The molecule has 4 aromatic rings. The van der Waals surface area contributed by atoms with Crippen LogP contribution in [0.3, 0.4) is 0 Å². The lowest BCUT2D eigenvalue weighted by Crippen LogP contribution is -2.39. The minimum absolute atomic E-state index is 0.215. The number of thiazole rings is 1. The zero-order chi connectivity index (χ0) is 22.5. The molecule has 1 saturated heterocycles. The molecule has 1 aliphatic rings. The fourth-order valence-corrected chi connectivity index (χ4v) is 4.75. The summed E-state index contributed by atoms with van der Waals surface area (Å²) < 4.78 is 5.22. The highest BCUT2D eigenvalue weighted by molar-refractivity contribution is 7.07. The number of carbonyl (C=O) groups excluding carboxylic acids is 1. The second-order valence-electron chi connectivity index (χ2n) is 8.31. The van der Waals surface area contributed by atoms with Gasteiger partial charge in [-0.1, -0.05) is 42.5 Å². The first-order valence-electron chi connectivity index (χ1n) is 11.2. The average molecular weight is 459 g/mol. The summed E-state index contributed by atoms with van der Waals surface area (Å²) in [4.78, 5) is 23.3. The highest BCUT2D eigenvalue weighted by Crippen LogP contribution is 2.27. The van der Waals surface area contributed by atoms with Crippen molar-refractivity contribution < 1.29 is 9.53 Å². The molecule has 2 aromatic carbocycles. The monoisotopic (exact) mass is 458 g/mol. The first-order valence-corrected chi connectivity index (χ1v) is 12.2. The number of nitrogens with zero attached hydrogens (tertiary/aromatic N) is 3. The summed E-state index contributed by atoms with van der Waals surface area (Å²) in [5, 5.41) is 7.23. The van der Waals surface area contributed by atoms with E-state index in [1.807, 2.05) is 5.38 Å². The van der Waals surface area contributed by atoms with Crippen LogP contribution in [0.4, 0.5) is 10.6 Å². The third-order valence-electron chi connectivity index (χ3n) is 6.09. The van der Waals surface area contributed by atoms with E-state index in [2.05, 4.69) is 75.9 Å². The van der Waals surface area contributed by atoms with E-state index < -0.39 is 0 Å². The zero-order valence-electron chi connectivity index (χ0n) is 18.3. The number of anilines is 1. The van der Waals surface area contributed by atoms with Gasteiger partial charge in [-0.3, -0.25) is 0 Å². The number of nitrogens with one attached hydrogen (secondary N) is 1. The quantitative estimate of drug-likeness (QED) is 0.413. The lowest BCUT2D eigenvalue weighted by Gasteiger charge is -2.33. The minimum atomic E-state index is -0.379. The van der Waals surface area contributed by atoms with Crippen molar-refractivity contribution in [1.82, 2.24) is 15.3 Å². The van der Waals surface area contributed by atoms with E-state index >= 15 is 0 Å². The molecule has 3 heterocycles. The number of aromatic nitrogens is 2. The Hall–Kier alpha value is -3.45. The molecule has 1 amide bonds. The van der Waals surface area contributed by atoms with Gasteiger partial charge in [0.05, 0.1) is 16.9 Å². The Labute approximate surface area is 197 Å². The van der Waals surface area contributed by atoms with Crippen LogP contribution in [0.2, 0.25) is 0 Å². The van der Waals surface area contributed by atoms with Crippen molar-refractivity contribution in [3.05, 3.63) is 77.2 Å². The molecule has 0 bridgehead atoms. The van der Waals surface area contributed by atoms with Crippen LogP contribution >= 0.6 is 11.3 Å². The maximum Gasteiger partial charge on any atom is 0.407 e. The molecule has 0 atom stereocenters. The fourth-order valence-electron chi connectivity index (χ4n) is 4.20. The number of hydrogen-bond donors (Lipinski definition) is 1. The van der Waals surface area contributed by atoms with E-state index in [0.29, 0.717) is 12.5 Å². The molecule has 0 aliphatic carbocycles. The summed E-state index contributed by atoms with van der Waals surface area (Å²) in [6, 6.07) is 21.1. The molecule has 0 unspecified atom stereocenters. The Bertz CT molecular complexity index is 1220. The summed E-state index contributed by atoms with van der Waals surface area (Å²) in [6.07, 6.45) is 1.64. The minimum Gasteiger partial charge on any atom is -0.443 e.